The maximum Gasteiger partial charge on any atom is 0.225 e. The van der Waals surface area contributed by atoms with Gasteiger partial charge in [-0.2, -0.15) is 5.10 Å². The zero-order valence-electron chi connectivity index (χ0n) is 10.0. The number of nitrogens with zero attached hydrogens (tertiary/aromatic N) is 3. The van der Waals surface area contributed by atoms with E-state index in [0.29, 0.717) is 12.5 Å². The van der Waals surface area contributed by atoms with Crippen molar-refractivity contribution in [2.45, 2.75) is 50.9 Å². The Morgan fingerprint density at radius 1 is 1.53 bits per heavy atom. The molecule has 0 aromatic carbocycles. The summed E-state index contributed by atoms with van der Waals surface area (Å²) >= 11 is 0. The summed E-state index contributed by atoms with van der Waals surface area (Å²) in [5, 5.41) is 4.28. The van der Waals surface area contributed by atoms with Gasteiger partial charge >= 0.3 is 0 Å². The number of likely N-dealkylation sites (tertiary alicyclic amines) is 1. The van der Waals surface area contributed by atoms with E-state index in [-0.39, 0.29) is 18.0 Å². The highest BCUT2D eigenvalue weighted by molar-refractivity contribution is 5.81. The van der Waals surface area contributed by atoms with Crippen molar-refractivity contribution in [2.24, 2.45) is 5.73 Å². The van der Waals surface area contributed by atoms with Crippen LogP contribution in [0.1, 0.15) is 37.9 Å². The van der Waals surface area contributed by atoms with Crippen LogP contribution in [0, 0.1) is 0 Å². The van der Waals surface area contributed by atoms with Gasteiger partial charge in [0, 0.05) is 31.2 Å². The molecule has 0 bridgehead atoms. The van der Waals surface area contributed by atoms with Gasteiger partial charge in [0.05, 0.1) is 11.7 Å². The SMILES string of the molecule is CCn1nccc1C1C(N)CC(=O)N1C1CC1. The summed E-state index contributed by atoms with van der Waals surface area (Å²) in [5.74, 6) is 0.203. The first-order valence-electron chi connectivity index (χ1n) is 6.30. The Kier molecular flexibility index (Phi) is 2.43. The predicted octanol–water partition coefficient (Wildman–Crippen LogP) is 0.666. The van der Waals surface area contributed by atoms with Gasteiger partial charge in [0.2, 0.25) is 5.91 Å². The Labute approximate surface area is 101 Å². The molecule has 0 spiro atoms. The van der Waals surface area contributed by atoms with Gasteiger partial charge in [0.1, 0.15) is 0 Å². The van der Waals surface area contributed by atoms with E-state index >= 15 is 0 Å². The van der Waals surface area contributed by atoms with Gasteiger partial charge in [0.15, 0.2) is 0 Å². The normalized spacial score (nSPS) is 29.1. The fourth-order valence-electron chi connectivity index (χ4n) is 2.78. The minimum absolute atomic E-state index is 0.0254. The van der Waals surface area contributed by atoms with Gasteiger partial charge in [-0.25, -0.2) is 0 Å². The third kappa shape index (κ3) is 1.65. The zero-order chi connectivity index (χ0) is 12.0. The highest BCUT2D eigenvalue weighted by Gasteiger charge is 2.46. The van der Waals surface area contributed by atoms with Crippen molar-refractivity contribution in [1.29, 1.82) is 0 Å². The summed E-state index contributed by atoms with van der Waals surface area (Å²) in [6.45, 7) is 2.87. The van der Waals surface area contributed by atoms with Crippen LogP contribution in [0.5, 0.6) is 0 Å². The lowest BCUT2D eigenvalue weighted by molar-refractivity contribution is -0.129. The molecule has 3 rings (SSSR count). The minimum atomic E-state index is -0.0925. The first-order chi connectivity index (χ1) is 8.22. The molecule has 0 radical (unpaired) electrons. The first kappa shape index (κ1) is 10.8. The molecule has 1 aliphatic carbocycles. The number of nitrogens with two attached hydrogens (primary N) is 1. The van der Waals surface area contributed by atoms with Gasteiger partial charge in [0.25, 0.3) is 0 Å². The van der Waals surface area contributed by atoms with Crippen molar-refractivity contribution in [2.75, 3.05) is 0 Å². The smallest absolute Gasteiger partial charge is 0.225 e. The standard InChI is InChI=1S/C12H18N4O/c1-2-15-10(5-6-14-15)12-9(13)7-11(17)16(12)8-3-4-8/h5-6,8-9,12H,2-4,7,13H2,1H3. The van der Waals surface area contributed by atoms with Gasteiger partial charge in [-0.1, -0.05) is 0 Å². The summed E-state index contributed by atoms with van der Waals surface area (Å²) in [7, 11) is 0. The van der Waals surface area contributed by atoms with E-state index in [1.54, 1.807) is 6.20 Å². The van der Waals surface area contributed by atoms with Gasteiger partial charge < -0.3 is 10.6 Å². The van der Waals surface area contributed by atoms with Crippen LogP contribution in [0.2, 0.25) is 0 Å². The molecule has 2 unspecified atom stereocenters. The second-order valence-corrected chi connectivity index (χ2v) is 4.92. The van der Waals surface area contributed by atoms with E-state index in [4.69, 9.17) is 5.73 Å². The largest absolute Gasteiger partial charge is 0.329 e. The van der Waals surface area contributed by atoms with E-state index in [1.165, 1.54) is 0 Å². The summed E-state index contributed by atoms with van der Waals surface area (Å²) in [6, 6.07) is 2.34. The molecule has 17 heavy (non-hydrogen) atoms. The maximum absolute atomic E-state index is 12.0. The van der Waals surface area contributed by atoms with Crippen LogP contribution in [-0.2, 0) is 11.3 Å². The minimum Gasteiger partial charge on any atom is -0.329 e. The quantitative estimate of drug-likeness (QED) is 0.836. The van der Waals surface area contributed by atoms with E-state index in [1.807, 2.05) is 15.6 Å². The molecular weight excluding hydrogens is 216 g/mol. The number of carbonyl (C=O) groups is 1. The monoisotopic (exact) mass is 234 g/mol. The topological polar surface area (TPSA) is 64.2 Å². The van der Waals surface area contributed by atoms with Crippen LogP contribution in [0.3, 0.4) is 0 Å². The van der Waals surface area contributed by atoms with E-state index in [0.717, 1.165) is 25.1 Å². The second-order valence-electron chi connectivity index (χ2n) is 4.92. The highest BCUT2D eigenvalue weighted by atomic mass is 16.2. The lowest BCUT2D eigenvalue weighted by Crippen LogP contribution is -2.36. The molecule has 2 fully saturated rings. The molecule has 1 amide bonds. The fourth-order valence-corrected chi connectivity index (χ4v) is 2.78. The predicted molar refractivity (Wildman–Crippen MR) is 63.1 cm³/mol. The molecule has 2 heterocycles. The van der Waals surface area contributed by atoms with Gasteiger partial charge in [-0.3, -0.25) is 9.48 Å². The average Bonchev–Trinajstić information content (AvgIpc) is 2.94. The van der Waals surface area contributed by atoms with Crippen LogP contribution in [0.25, 0.3) is 0 Å². The number of hydrogen-bond donors (Lipinski definition) is 1. The average molecular weight is 234 g/mol. The van der Waals surface area contributed by atoms with E-state index < -0.39 is 0 Å². The molecule has 1 aromatic heterocycles. The Morgan fingerprint density at radius 3 is 2.94 bits per heavy atom. The molecule has 1 aromatic rings. The Bertz CT molecular complexity index is 437. The number of amides is 1. The lowest BCUT2D eigenvalue weighted by atomic mass is 10.1. The van der Waals surface area contributed by atoms with Crippen LogP contribution in [-0.4, -0.2) is 32.7 Å². The Balaban J connectivity index is 1.96. The number of hydrogen-bond acceptors (Lipinski definition) is 3. The number of aromatic nitrogens is 2. The fraction of sp³-hybridized carbons (Fsp3) is 0.667. The molecule has 5 nitrogen and oxygen atoms in total. The van der Waals surface area contributed by atoms with Crippen molar-refractivity contribution in [3.8, 4) is 0 Å². The number of carbonyl (C=O) groups excluding carboxylic acids is 1. The van der Waals surface area contributed by atoms with Crippen molar-refractivity contribution in [3.05, 3.63) is 18.0 Å². The molecule has 1 saturated heterocycles. The van der Waals surface area contributed by atoms with Crippen LogP contribution < -0.4 is 5.73 Å². The molecule has 1 aliphatic heterocycles. The third-order valence-corrected chi connectivity index (χ3v) is 3.70. The van der Waals surface area contributed by atoms with Crippen LogP contribution in [0.15, 0.2) is 12.3 Å². The van der Waals surface area contributed by atoms with E-state index in [2.05, 4.69) is 12.0 Å². The first-order valence-corrected chi connectivity index (χ1v) is 6.30. The number of aryl methyl sites for hydroxylation is 1. The van der Waals surface area contributed by atoms with Crippen molar-refractivity contribution in [3.63, 3.8) is 0 Å². The molecule has 92 valence electrons. The third-order valence-electron chi connectivity index (χ3n) is 3.70. The number of rotatable bonds is 3. The highest BCUT2D eigenvalue weighted by Crippen LogP contribution is 2.40. The summed E-state index contributed by atoms with van der Waals surface area (Å²) in [6.07, 6.45) is 4.50. The molecule has 2 aliphatic rings. The van der Waals surface area contributed by atoms with Crippen molar-refractivity contribution >= 4 is 5.91 Å². The summed E-state index contributed by atoms with van der Waals surface area (Å²) in [4.78, 5) is 14.0. The van der Waals surface area contributed by atoms with Crippen LogP contribution in [0.4, 0.5) is 0 Å². The van der Waals surface area contributed by atoms with E-state index in [9.17, 15) is 4.79 Å². The van der Waals surface area contributed by atoms with Crippen molar-refractivity contribution in [1.82, 2.24) is 14.7 Å². The van der Waals surface area contributed by atoms with Crippen LogP contribution >= 0.6 is 0 Å². The lowest BCUT2D eigenvalue weighted by Gasteiger charge is -2.27. The molecule has 5 heteroatoms. The van der Waals surface area contributed by atoms with Gasteiger partial charge in [-0.15, -0.1) is 0 Å². The summed E-state index contributed by atoms with van der Waals surface area (Å²) < 4.78 is 1.94. The molecule has 1 saturated carbocycles. The Morgan fingerprint density at radius 2 is 2.29 bits per heavy atom. The Hall–Kier alpha value is -1.36. The molecule has 2 N–H and O–H groups in total. The maximum atomic E-state index is 12.0. The second kappa shape index (κ2) is 3.84. The van der Waals surface area contributed by atoms with Crippen molar-refractivity contribution < 1.29 is 4.79 Å². The molecule has 2 atom stereocenters. The zero-order valence-corrected chi connectivity index (χ0v) is 10.0. The molecular formula is C12H18N4O. The van der Waals surface area contributed by atoms with Gasteiger partial charge in [-0.05, 0) is 25.8 Å². The summed E-state index contributed by atoms with van der Waals surface area (Å²) in [5.41, 5.74) is 7.22.